The SMILES string of the molecule is CCP(=O)(CC)c1ccccc1Nc1nc(Nc2cc(C)c(N3CCN(C)CC3)cc2OC)ncc1Cl. The third-order valence-corrected chi connectivity index (χ3v) is 10.6. The first-order chi connectivity index (χ1) is 17.8. The minimum atomic E-state index is -2.51. The summed E-state index contributed by atoms with van der Waals surface area (Å²) in [5.41, 5.74) is 3.82. The summed E-state index contributed by atoms with van der Waals surface area (Å²) >= 11 is 6.47. The molecule has 0 spiro atoms. The lowest BCUT2D eigenvalue weighted by Crippen LogP contribution is -2.44. The summed E-state index contributed by atoms with van der Waals surface area (Å²) in [6.45, 7) is 10.1. The number of anilines is 5. The number of nitrogens with zero attached hydrogens (tertiary/aromatic N) is 4. The average Bonchev–Trinajstić information content (AvgIpc) is 2.91. The number of halogens is 1. The lowest BCUT2D eigenvalue weighted by Gasteiger charge is -2.35. The molecule has 4 rings (SSSR count). The van der Waals surface area contributed by atoms with Gasteiger partial charge in [0.2, 0.25) is 5.95 Å². The Kier molecular flexibility index (Phi) is 8.63. The number of aryl methyl sites for hydroxylation is 1. The Labute approximate surface area is 224 Å². The number of nitrogens with one attached hydrogen (secondary N) is 2. The van der Waals surface area contributed by atoms with Gasteiger partial charge in [-0.2, -0.15) is 4.98 Å². The van der Waals surface area contributed by atoms with Gasteiger partial charge in [-0.1, -0.05) is 37.6 Å². The molecule has 1 aromatic heterocycles. The summed E-state index contributed by atoms with van der Waals surface area (Å²) in [5.74, 6) is 1.53. The third kappa shape index (κ3) is 6.03. The van der Waals surface area contributed by atoms with Crippen molar-refractivity contribution in [3.05, 3.63) is 53.2 Å². The lowest BCUT2D eigenvalue weighted by atomic mass is 10.1. The van der Waals surface area contributed by atoms with Crippen LogP contribution in [0.2, 0.25) is 5.02 Å². The monoisotopic (exact) mass is 542 g/mol. The summed E-state index contributed by atoms with van der Waals surface area (Å²) in [6, 6.07) is 11.8. The second kappa shape index (κ2) is 11.7. The zero-order valence-corrected chi connectivity index (χ0v) is 23.9. The fourth-order valence-corrected chi connectivity index (χ4v) is 6.79. The standard InChI is InChI=1S/C27H36ClN6O2P/c1-6-37(35,7-2)25-11-9-8-10-21(25)30-26-20(28)18-29-27(32-26)31-22-16-19(3)23(17-24(22)36-5)34-14-12-33(4)13-15-34/h8-11,16-18H,6-7,12-15H2,1-5H3,(H2,29,30,31,32). The van der Waals surface area contributed by atoms with E-state index in [0.717, 1.165) is 48.4 Å². The van der Waals surface area contributed by atoms with E-state index < -0.39 is 7.14 Å². The maximum atomic E-state index is 13.5. The van der Waals surface area contributed by atoms with Crippen LogP contribution in [0.25, 0.3) is 0 Å². The second-order valence-electron chi connectivity index (χ2n) is 9.31. The largest absolute Gasteiger partial charge is 0.494 e. The number of piperazine rings is 1. The quantitative estimate of drug-likeness (QED) is 0.332. The number of likely N-dealkylation sites (N-methyl/N-ethyl adjacent to an activating group) is 1. The van der Waals surface area contributed by atoms with Crippen LogP contribution in [0, 0.1) is 6.92 Å². The molecular formula is C27H36ClN6O2P. The van der Waals surface area contributed by atoms with Crippen LogP contribution < -0.4 is 25.6 Å². The number of para-hydroxylation sites is 1. The molecular weight excluding hydrogens is 507 g/mol. The van der Waals surface area contributed by atoms with Crippen molar-refractivity contribution in [3.63, 3.8) is 0 Å². The van der Waals surface area contributed by atoms with Crippen LogP contribution in [-0.4, -0.2) is 67.5 Å². The molecule has 0 unspecified atom stereocenters. The predicted octanol–water partition coefficient (Wildman–Crippen LogP) is 5.71. The molecule has 0 saturated carbocycles. The van der Waals surface area contributed by atoms with Crippen molar-refractivity contribution >= 4 is 52.9 Å². The van der Waals surface area contributed by atoms with Crippen molar-refractivity contribution in [1.29, 1.82) is 0 Å². The maximum Gasteiger partial charge on any atom is 0.229 e. The van der Waals surface area contributed by atoms with Crippen molar-refractivity contribution < 1.29 is 9.30 Å². The van der Waals surface area contributed by atoms with Gasteiger partial charge in [0.1, 0.15) is 17.9 Å². The summed E-state index contributed by atoms with van der Waals surface area (Å²) in [7, 11) is 1.30. The summed E-state index contributed by atoms with van der Waals surface area (Å²) in [5, 5.41) is 7.77. The molecule has 1 saturated heterocycles. The van der Waals surface area contributed by atoms with E-state index in [1.807, 2.05) is 38.1 Å². The number of ether oxygens (including phenoxy) is 1. The number of hydrogen-bond donors (Lipinski definition) is 2. The van der Waals surface area contributed by atoms with Crippen LogP contribution in [0.5, 0.6) is 5.75 Å². The van der Waals surface area contributed by atoms with Crippen LogP contribution >= 0.6 is 18.7 Å². The van der Waals surface area contributed by atoms with Crippen molar-refractivity contribution in [2.45, 2.75) is 20.8 Å². The molecule has 2 aromatic carbocycles. The van der Waals surface area contributed by atoms with Gasteiger partial charge >= 0.3 is 0 Å². The molecule has 3 aromatic rings. The molecule has 0 radical (unpaired) electrons. The lowest BCUT2D eigenvalue weighted by molar-refractivity contribution is 0.312. The fraction of sp³-hybridized carbons (Fsp3) is 0.407. The van der Waals surface area contributed by atoms with Gasteiger partial charge in [-0.3, -0.25) is 0 Å². The molecule has 1 aliphatic rings. The topological polar surface area (TPSA) is 82.6 Å². The molecule has 2 N–H and O–H groups in total. The molecule has 10 heteroatoms. The zero-order chi connectivity index (χ0) is 26.6. The van der Waals surface area contributed by atoms with Crippen molar-refractivity contribution in [2.75, 3.05) is 68.2 Å². The van der Waals surface area contributed by atoms with Crippen molar-refractivity contribution in [2.24, 2.45) is 0 Å². The van der Waals surface area contributed by atoms with Gasteiger partial charge in [0.15, 0.2) is 5.82 Å². The van der Waals surface area contributed by atoms with Crippen LogP contribution in [0.3, 0.4) is 0 Å². The highest BCUT2D eigenvalue weighted by molar-refractivity contribution is 7.71. The van der Waals surface area contributed by atoms with E-state index in [9.17, 15) is 4.57 Å². The van der Waals surface area contributed by atoms with Gasteiger partial charge in [-0.15, -0.1) is 0 Å². The molecule has 0 atom stereocenters. The summed E-state index contributed by atoms with van der Waals surface area (Å²) in [6.07, 6.45) is 2.74. The Morgan fingerprint density at radius 2 is 1.76 bits per heavy atom. The molecule has 2 heterocycles. The van der Waals surface area contributed by atoms with Crippen LogP contribution in [0.1, 0.15) is 19.4 Å². The fourth-order valence-electron chi connectivity index (χ4n) is 4.59. The smallest absolute Gasteiger partial charge is 0.229 e. The van der Waals surface area contributed by atoms with E-state index in [2.05, 4.69) is 56.5 Å². The average molecular weight is 543 g/mol. The number of methoxy groups -OCH3 is 1. The van der Waals surface area contributed by atoms with Crippen LogP contribution in [-0.2, 0) is 4.57 Å². The molecule has 37 heavy (non-hydrogen) atoms. The van der Waals surface area contributed by atoms with Crippen molar-refractivity contribution in [3.8, 4) is 5.75 Å². The van der Waals surface area contributed by atoms with E-state index >= 15 is 0 Å². The predicted molar refractivity (Wildman–Crippen MR) is 156 cm³/mol. The van der Waals surface area contributed by atoms with E-state index in [-0.39, 0.29) is 0 Å². The number of hydrogen-bond acceptors (Lipinski definition) is 8. The third-order valence-electron chi connectivity index (χ3n) is 6.97. The highest BCUT2D eigenvalue weighted by Crippen LogP contribution is 2.46. The van der Waals surface area contributed by atoms with Gasteiger partial charge in [-0.05, 0) is 37.7 Å². The molecule has 0 bridgehead atoms. The maximum absolute atomic E-state index is 13.5. The first-order valence-corrected chi connectivity index (χ1v) is 15.1. The normalized spacial score (nSPS) is 14.5. The minimum absolute atomic E-state index is 0.372. The molecule has 8 nitrogen and oxygen atoms in total. The molecule has 0 amide bonds. The number of rotatable bonds is 9. The van der Waals surface area contributed by atoms with E-state index in [1.165, 1.54) is 5.69 Å². The van der Waals surface area contributed by atoms with Gasteiger partial charge in [0.25, 0.3) is 0 Å². The summed E-state index contributed by atoms with van der Waals surface area (Å²) in [4.78, 5) is 13.8. The van der Waals surface area contributed by atoms with E-state index in [0.29, 0.717) is 34.9 Å². The highest BCUT2D eigenvalue weighted by Gasteiger charge is 2.24. The molecule has 198 valence electrons. The number of aromatic nitrogens is 2. The zero-order valence-electron chi connectivity index (χ0n) is 22.2. The first-order valence-electron chi connectivity index (χ1n) is 12.6. The van der Waals surface area contributed by atoms with Crippen LogP contribution in [0.4, 0.5) is 28.8 Å². The highest BCUT2D eigenvalue weighted by atomic mass is 35.5. The summed E-state index contributed by atoms with van der Waals surface area (Å²) < 4.78 is 19.2. The van der Waals surface area contributed by atoms with Gasteiger partial charge in [0, 0.05) is 55.6 Å². The number of benzene rings is 2. The van der Waals surface area contributed by atoms with Gasteiger partial charge < -0.3 is 29.7 Å². The minimum Gasteiger partial charge on any atom is -0.494 e. The Hall–Kier alpha value is -2.80. The molecule has 1 fully saturated rings. The molecule has 0 aliphatic carbocycles. The van der Waals surface area contributed by atoms with Crippen molar-refractivity contribution in [1.82, 2.24) is 14.9 Å². The Bertz CT molecular complexity index is 1290. The Balaban J connectivity index is 1.61. The Morgan fingerprint density at radius 3 is 2.43 bits per heavy atom. The van der Waals surface area contributed by atoms with E-state index in [1.54, 1.807) is 13.3 Å². The van der Waals surface area contributed by atoms with Gasteiger partial charge in [0.05, 0.1) is 24.7 Å². The Morgan fingerprint density at radius 1 is 1.05 bits per heavy atom. The first kappa shape index (κ1) is 27.2. The second-order valence-corrected chi connectivity index (χ2v) is 13.2. The van der Waals surface area contributed by atoms with Gasteiger partial charge in [-0.25, -0.2) is 4.98 Å². The van der Waals surface area contributed by atoms with E-state index in [4.69, 9.17) is 16.3 Å². The van der Waals surface area contributed by atoms with Crippen LogP contribution in [0.15, 0.2) is 42.6 Å². The molecule has 1 aliphatic heterocycles.